The topological polar surface area (TPSA) is 55.2 Å². The molecule has 1 atom stereocenters. The van der Waals surface area contributed by atoms with E-state index in [9.17, 15) is 9.59 Å². The number of aromatic nitrogens is 2. The third-order valence-corrected chi connectivity index (χ3v) is 4.71. The molecule has 24 heavy (non-hydrogen) atoms. The van der Waals surface area contributed by atoms with Crippen LogP contribution in [0, 0.1) is 0 Å². The Morgan fingerprint density at radius 1 is 1.29 bits per heavy atom. The van der Waals surface area contributed by atoms with Crippen LogP contribution in [-0.2, 0) is 13.5 Å². The van der Waals surface area contributed by atoms with Crippen molar-refractivity contribution in [2.24, 2.45) is 7.05 Å². The fraction of sp³-hybridized carbons (Fsp3) is 0.421. The highest BCUT2D eigenvalue weighted by Crippen LogP contribution is 2.25. The molecule has 0 saturated carbocycles. The summed E-state index contributed by atoms with van der Waals surface area (Å²) in [4.78, 5) is 27.3. The van der Waals surface area contributed by atoms with Gasteiger partial charge in [0.05, 0.1) is 11.8 Å². The maximum atomic E-state index is 13.0. The largest absolute Gasteiger partial charge is 0.335 e. The monoisotopic (exact) mass is 325 g/mol. The molecule has 126 valence electrons. The van der Waals surface area contributed by atoms with Crippen LogP contribution in [0.1, 0.15) is 52.5 Å². The number of hydrogen-bond donors (Lipinski definition) is 0. The summed E-state index contributed by atoms with van der Waals surface area (Å²) < 4.78 is 1.63. The second kappa shape index (κ2) is 6.99. The number of likely N-dealkylation sites (tertiary alicyclic amines) is 1. The van der Waals surface area contributed by atoms with E-state index >= 15 is 0 Å². The number of benzene rings is 1. The first-order valence-corrected chi connectivity index (χ1v) is 8.51. The summed E-state index contributed by atoms with van der Waals surface area (Å²) in [6.07, 6.45) is 6.35. The van der Waals surface area contributed by atoms with Crippen LogP contribution in [0.15, 0.2) is 36.7 Å². The molecular weight excluding hydrogens is 302 g/mol. The van der Waals surface area contributed by atoms with Crippen molar-refractivity contribution in [3.05, 3.63) is 53.3 Å². The van der Waals surface area contributed by atoms with Gasteiger partial charge in [0.2, 0.25) is 0 Å². The predicted molar refractivity (Wildman–Crippen MR) is 92.0 cm³/mol. The van der Waals surface area contributed by atoms with E-state index in [0.29, 0.717) is 12.0 Å². The number of aryl methyl sites for hydroxylation is 2. The van der Waals surface area contributed by atoms with Gasteiger partial charge < -0.3 is 4.90 Å². The molecule has 1 aliphatic rings. The molecule has 2 heterocycles. The number of nitrogens with zero attached hydrogens (tertiary/aromatic N) is 3. The van der Waals surface area contributed by atoms with Crippen molar-refractivity contribution < 1.29 is 9.59 Å². The third kappa shape index (κ3) is 3.25. The number of carbonyl (C=O) groups is 2. The quantitative estimate of drug-likeness (QED) is 0.794. The SMILES string of the molecule is CCc1ccccc1C(=O)N1CCCC1CC(=O)c1cnn(C)c1. The molecule has 1 aliphatic heterocycles. The second-order valence-corrected chi connectivity index (χ2v) is 6.34. The lowest BCUT2D eigenvalue weighted by Gasteiger charge is -2.25. The van der Waals surface area contributed by atoms with E-state index in [2.05, 4.69) is 12.0 Å². The smallest absolute Gasteiger partial charge is 0.254 e. The molecule has 1 aromatic heterocycles. The maximum absolute atomic E-state index is 13.0. The molecule has 0 bridgehead atoms. The minimum atomic E-state index is -0.0184. The Labute approximate surface area is 142 Å². The molecular formula is C19H23N3O2. The number of rotatable bonds is 5. The van der Waals surface area contributed by atoms with E-state index in [1.54, 1.807) is 24.1 Å². The van der Waals surface area contributed by atoms with Gasteiger partial charge in [0.1, 0.15) is 0 Å². The molecule has 1 fully saturated rings. The Hall–Kier alpha value is -2.43. The van der Waals surface area contributed by atoms with E-state index < -0.39 is 0 Å². The van der Waals surface area contributed by atoms with E-state index in [0.717, 1.165) is 36.9 Å². The predicted octanol–water partition coefficient (Wildman–Crippen LogP) is 2.86. The van der Waals surface area contributed by atoms with Crippen molar-refractivity contribution in [2.75, 3.05) is 6.54 Å². The van der Waals surface area contributed by atoms with Crippen molar-refractivity contribution in [1.29, 1.82) is 0 Å². The number of amides is 1. The molecule has 0 aliphatic carbocycles. The first-order valence-electron chi connectivity index (χ1n) is 8.51. The zero-order valence-electron chi connectivity index (χ0n) is 14.2. The Kier molecular flexibility index (Phi) is 4.79. The van der Waals surface area contributed by atoms with Gasteiger partial charge in [0.25, 0.3) is 5.91 Å². The molecule has 0 spiro atoms. The Balaban J connectivity index is 1.75. The summed E-state index contributed by atoms with van der Waals surface area (Å²) in [6.45, 7) is 2.78. The van der Waals surface area contributed by atoms with Crippen LogP contribution in [0.2, 0.25) is 0 Å². The highest BCUT2D eigenvalue weighted by molar-refractivity contribution is 5.98. The van der Waals surface area contributed by atoms with Crippen LogP contribution in [-0.4, -0.2) is 39.0 Å². The van der Waals surface area contributed by atoms with E-state index in [1.807, 2.05) is 29.2 Å². The highest BCUT2D eigenvalue weighted by Gasteiger charge is 2.32. The summed E-state index contributed by atoms with van der Waals surface area (Å²) in [6, 6.07) is 7.73. The van der Waals surface area contributed by atoms with Gasteiger partial charge in [-0.1, -0.05) is 25.1 Å². The average Bonchev–Trinajstić information content (AvgIpc) is 3.23. The molecule has 3 rings (SSSR count). The second-order valence-electron chi connectivity index (χ2n) is 6.34. The maximum Gasteiger partial charge on any atom is 0.254 e. The molecule has 0 N–H and O–H groups in total. The Morgan fingerprint density at radius 3 is 2.79 bits per heavy atom. The summed E-state index contributed by atoms with van der Waals surface area (Å²) in [5.74, 6) is 0.102. The molecule has 5 heteroatoms. The van der Waals surface area contributed by atoms with Gasteiger partial charge in [-0.05, 0) is 30.9 Å². The zero-order valence-corrected chi connectivity index (χ0v) is 14.2. The van der Waals surface area contributed by atoms with Crippen LogP contribution >= 0.6 is 0 Å². The van der Waals surface area contributed by atoms with Crippen LogP contribution < -0.4 is 0 Å². The molecule has 1 unspecified atom stereocenters. The molecule has 1 aromatic carbocycles. The van der Waals surface area contributed by atoms with Gasteiger partial charge >= 0.3 is 0 Å². The van der Waals surface area contributed by atoms with Gasteiger partial charge in [-0.2, -0.15) is 5.10 Å². The lowest BCUT2D eigenvalue weighted by Crippen LogP contribution is -2.37. The molecule has 1 saturated heterocycles. The van der Waals surface area contributed by atoms with Crippen molar-refractivity contribution in [1.82, 2.24) is 14.7 Å². The van der Waals surface area contributed by atoms with Gasteiger partial charge in [-0.3, -0.25) is 14.3 Å². The van der Waals surface area contributed by atoms with E-state index in [4.69, 9.17) is 0 Å². The summed E-state index contributed by atoms with van der Waals surface area (Å²) in [5.41, 5.74) is 2.44. The van der Waals surface area contributed by atoms with E-state index in [1.165, 1.54) is 0 Å². The van der Waals surface area contributed by atoms with Gasteiger partial charge in [-0.15, -0.1) is 0 Å². The number of Topliss-reactive ketones (excluding diaryl/α,β-unsaturated/α-hetero) is 1. The number of ketones is 1. The standard InChI is InChI=1S/C19H23N3O2/c1-3-14-7-4-5-9-17(14)19(24)22-10-6-8-16(22)11-18(23)15-12-20-21(2)13-15/h4-5,7,9,12-13,16H,3,6,8,10-11H2,1-2H3. The van der Waals surface area contributed by atoms with E-state index in [-0.39, 0.29) is 17.7 Å². The van der Waals surface area contributed by atoms with Crippen molar-refractivity contribution in [3.8, 4) is 0 Å². The molecule has 5 nitrogen and oxygen atoms in total. The van der Waals surface area contributed by atoms with Crippen molar-refractivity contribution in [3.63, 3.8) is 0 Å². The molecule has 2 aromatic rings. The number of hydrogen-bond acceptors (Lipinski definition) is 3. The zero-order chi connectivity index (χ0) is 17.1. The van der Waals surface area contributed by atoms with Crippen molar-refractivity contribution in [2.45, 2.75) is 38.6 Å². The Bertz CT molecular complexity index is 751. The lowest BCUT2D eigenvalue weighted by molar-refractivity contribution is 0.0716. The van der Waals surface area contributed by atoms with Crippen LogP contribution in [0.3, 0.4) is 0 Å². The van der Waals surface area contributed by atoms with Crippen LogP contribution in [0.5, 0.6) is 0 Å². The minimum Gasteiger partial charge on any atom is -0.335 e. The first-order chi connectivity index (χ1) is 11.6. The van der Waals surface area contributed by atoms with Crippen molar-refractivity contribution >= 4 is 11.7 Å². The first kappa shape index (κ1) is 16.4. The van der Waals surface area contributed by atoms with Gasteiger partial charge in [-0.25, -0.2) is 0 Å². The lowest BCUT2D eigenvalue weighted by atomic mass is 10.0. The fourth-order valence-corrected chi connectivity index (χ4v) is 3.40. The fourth-order valence-electron chi connectivity index (χ4n) is 3.40. The summed E-state index contributed by atoms with van der Waals surface area (Å²) in [5, 5.41) is 4.05. The average molecular weight is 325 g/mol. The van der Waals surface area contributed by atoms with Crippen LogP contribution in [0.25, 0.3) is 0 Å². The summed E-state index contributed by atoms with van der Waals surface area (Å²) in [7, 11) is 1.80. The van der Waals surface area contributed by atoms with Gasteiger partial charge in [0.15, 0.2) is 5.78 Å². The highest BCUT2D eigenvalue weighted by atomic mass is 16.2. The minimum absolute atomic E-state index is 0.0184. The molecule has 1 amide bonds. The van der Waals surface area contributed by atoms with Gasteiger partial charge in [0, 0.05) is 37.8 Å². The summed E-state index contributed by atoms with van der Waals surface area (Å²) >= 11 is 0. The third-order valence-electron chi connectivity index (χ3n) is 4.71. The number of carbonyl (C=O) groups excluding carboxylic acids is 2. The normalized spacial score (nSPS) is 17.2. The molecule has 0 radical (unpaired) electrons. The van der Waals surface area contributed by atoms with Crippen LogP contribution in [0.4, 0.5) is 0 Å². The Morgan fingerprint density at radius 2 is 2.08 bits per heavy atom.